The largest absolute Gasteiger partial charge is 0.497 e. The van der Waals surface area contributed by atoms with Crippen molar-refractivity contribution in [3.05, 3.63) is 64.3 Å². The molecule has 0 atom stereocenters. The van der Waals surface area contributed by atoms with Gasteiger partial charge in [-0.15, -0.1) is 11.3 Å². The monoisotopic (exact) mass is 369 g/mol. The Labute approximate surface area is 155 Å². The Morgan fingerprint density at radius 2 is 2.00 bits per heavy atom. The third kappa shape index (κ3) is 3.52. The predicted octanol–water partition coefficient (Wildman–Crippen LogP) is 3.35. The van der Waals surface area contributed by atoms with E-state index in [0.29, 0.717) is 17.1 Å². The van der Waals surface area contributed by atoms with Crippen LogP contribution in [0.15, 0.2) is 58.7 Å². The van der Waals surface area contributed by atoms with E-state index >= 15 is 0 Å². The van der Waals surface area contributed by atoms with Crippen molar-refractivity contribution in [1.82, 2.24) is 9.78 Å². The van der Waals surface area contributed by atoms with Gasteiger partial charge in [-0.25, -0.2) is 4.68 Å². The quantitative estimate of drug-likeness (QED) is 0.748. The van der Waals surface area contributed by atoms with Crippen LogP contribution in [0.1, 0.15) is 13.8 Å². The molecule has 0 unspecified atom stereocenters. The molecular formula is C19H19N3O3S. The van der Waals surface area contributed by atoms with E-state index in [2.05, 4.69) is 10.4 Å². The van der Waals surface area contributed by atoms with Crippen LogP contribution in [0.3, 0.4) is 0 Å². The molecule has 26 heavy (non-hydrogen) atoms. The average Bonchev–Trinajstić information content (AvgIpc) is 3.16. The lowest BCUT2D eigenvalue weighted by molar-refractivity contribution is -0.123. The standard InChI is InChI=1S/C19H19N3O3S/c1-19(2,18(24)20-13-6-4-7-14(12-13)25-3)22-17(23)10-9-15(21-22)16-8-5-11-26-16/h4-12H,1-3H3,(H,20,24). The molecule has 0 aliphatic heterocycles. The minimum Gasteiger partial charge on any atom is -0.497 e. The van der Waals surface area contributed by atoms with Gasteiger partial charge in [0.15, 0.2) is 0 Å². The summed E-state index contributed by atoms with van der Waals surface area (Å²) in [6.07, 6.45) is 0. The van der Waals surface area contributed by atoms with Crippen LogP contribution >= 0.6 is 11.3 Å². The van der Waals surface area contributed by atoms with Gasteiger partial charge in [0.2, 0.25) is 0 Å². The van der Waals surface area contributed by atoms with Crippen molar-refractivity contribution in [3.8, 4) is 16.3 Å². The number of carbonyl (C=O) groups excluding carboxylic acids is 1. The number of rotatable bonds is 5. The number of benzene rings is 1. The smallest absolute Gasteiger partial charge is 0.267 e. The molecule has 134 valence electrons. The van der Waals surface area contributed by atoms with Crippen LogP contribution in [0.5, 0.6) is 5.75 Å². The van der Waals surface area contributed by atoms with Gasteiger partial charge >= 0.3 is 0 Å². The van der Waals surface area contributed by atoms with Gasteiger partial charge in [0.25, 0.3) is 11.5 Å². The zero-order valence-corrected chi connectivity index (χ0v) is 15.5. The van der Waals surface area contributed by atoms with Crippen LogP contribution in [-0.4, -0.2) is 22.8 Å². The Kier molecular flexibility index (Phi) is 4.90. The molecule has 0 saturated heterocycles. The molecule has 1 aromatic carbocycles. The molecule has 6 nitrogen and oxygen atoms in total. The van der Waals surface area contributed by atoms with Crippen LogP contribution in [-0.2, 0) is 10.3 Å². The molecule has 0 aliphatic rings. The van der Waals surface area contributed by atoms with Crippen molar-refractivity contribution < 1.29 is 9.53 Å². The van der Waals surface area contributed by atoms with E-state index < -0.39 is 5.54 Å². The summed E-state index contributed by atoms with van der Waals surface area (Å²) in [6.45, 7) is 3.32. The van der Waals surface area contributed by atoms with Crippen molar-refractivity contribution >= 4 is 22.9 Å². The highest BCUT2D eigenvalue weighted by atomic mass is 32.1. The fraction of sp³-hybridized carbons (Fsp3) is 0.211. The summed E-state index contributed by atoms with van der Waals surface area (Å²) in [4.78, 5) is 26.1. The van der Waals surface area contributed by atoms with Gasteiger partial charge in [0.05, 0.1) is 12.0 Å². The maximum absolute atomic E-state index is 12.8. The molecule has 0 fully saturated rings. The number of anilines is 1. The summed E-state index contributed by atoms with van der Waals surface area (Å²) in [5, 5.41) is 9.17. The number of hydrogen-bond donors (Lipinski definition) is 1. The number of hydrogen-bond acceptors (Lipinski definition) is 5. The van der Waals surface area contributed by atoms with Crippen molar-refractivity contribution in [2.24, 2.45) is 0 Å². The number of aromatic nitrogens is 2. The SMILES string of the molecule is COc1cccc(NC(=O)C(C)(C)n2nc(-c3cccs3)ccc2=O)c1. The molecule has 7 heteroatoms. The molecule has 1 amide bonds. The predicted molar refractivity (Wildman–Crippen MR) is 103 cm³/mol. The van der Waals surface area contributed by atoms with E-state index in [1.807, 2.05) is 17.5 Å². The van der Waals surface area contributed by atoms with Crippen LogP contribution in [0.2, 0.25) is 0 Å². The second kappa shape index (κ2) is 7.13. The fourth-order valence-electron chi connectivity index (χ4n) is 2.45. The van der Waals surface area contributed by atoms with E-state index in [-0.39, 0.29) is 11.5 Å². The van der Waals surface area contributed by atoms with Gasteiger partial charge in [-0.1, -0.05) is 12.1 Å². The maximum Gasteiger partial charge on any atom is 0.267 e. The number of nitrogens with one attached hydrogen (secondary N) is 1. The van der Waals surface area contributed by atoms with E-state index in [0.717, 1.165) is 4.88 Å². The fourth-order valence-corrected chi connectivity index (χ4v) is 3.14. The Bertz CT molecular complexity index is 978. The highest BCUT2D eigenvalue weighted by Crippen LogP contribution is 2.24. The van der Waals surface area contributed by atoms with Crippen LogP contribution < -0.4 is 15.6 Å². The zero-order valence-electron chi connectivity index (χ0n) is 14.7. The Morgan fingerprint density at radius 3 is 2.69 bits per heavy atom. The lowest BCUT2D eigenvalue weighted by Crippen LogP contribution is -2.47. The van der Waals surface area contributed by atoms with E-state index in [1.165, 1.54) is 22.1 Å². The highest BCUT2D eigenvalue weighted by Gasteiger charge is 2.32. The zero-order chi connectivity index (χ0) is 18.7. The molecule has 0 spiro atoms. The summed E-state index contributed by atoms with van der Waals surface area (Å²) >= 11 is 1.52. The molecule has 0 aliphatic carbocycles. The molecule has 0 saturated carbocycles. The molecule has 2 heterocycles. The normalized spacial score (nSPS) is 11.2. The van der Waals surface area contributed by atoms with Gasteiger partial charge in [-0.3, -0.25) is 9.59 Å². The second-order valence-corrected chi connectivity index (χ2v) is 7.14. The molecule has 1 N–H and O–H groups in total. The molecule has 2 aromatic heterocycles. The van der Waals surface area contributed by atoms with Gasteiger partial charge < -0.3 is 10.1 Å². The highest BCUT2D eigenvalue weighted by molar-refractivity contribution is 7.13. The lowest BCUT2D eigenvalue weighted by atomic mass is 10.0. The van der Waals surface area contributed by atoms with Crippen LogP contribution in [0, 0.1) is 0 Å². The molecular weight excluding hydrogens is 350 g/mol. The number of methoxy groups -OCH3 is 1. The lowest BCUT2D eigenvalue weighted by Gasteiger charge is -2.25. The number of carbonyl (C=O) groups is 1. The number of thiophene rings is 1. The first-order chi connectivity index (χ1) is 12.4. The van der Waals surface area contributed by atoms with Crippen molar-refractivity contribution in [2.75, 3.05) is 12.4 Å². The van der Waals surface area contributed by atoms with E-state index in [1.54, 1.807) is 51.3 Å². The third-order valence-electron chi connectivity index (χ3n) is 3.99. The van der Waals surface area contributed by atoms with Gasteiger partial charge in [0.1, 0.15) is 17.0 Å². The Morgan fingerprint density at radius 1 is 1.19 bits per heavy atom. The number of ether oxygens (including phenoxy) is 1. The maximum atomic E-state index is 12.8. The van der Waals surface area contributed by atoms with Crippen molar-refractivity contribution in [1.29, 1.82) is 0 Å². The van der Waals surface area contributed by atoms with Crippen LogP contribution in [0.4, 0.5) is 5.69 Å². The van der Waals surface area contributed by atoms with Gasteiger partial charge in [-0.05, 0) is 43.5 Å². The molecule has 0 bridgehead atoms. The molecule has 0 radical (unpaired) electrons. The second-order valence-electron chi connectivity index (χ2n) is 6.19. The summed E-state index contributed by atoms with van der Waals surface area (Å²) in [5.74, 6) is 0.291. The Hall–Kier alpha value is -2.93. The molecule has 3 aromatic rings. The topological polar surface area (TPSA) is 73.2 Å². The number of amides is 1. The summed E-state index contributed by atoms with van der Waals surface area (Å²) in [5.41, 5.74) is -0.268. The first kappa shape index (κ1) is 17.9. The summed E-state index contributed by atoms with van der Waals surface area (Å²) < 4.78 is 6.38. The molecule has 3 rings (SSSR count). The first-order valence-corrected chi connectivity index (χ1v) is 8.90. The minimum absolute atomic E-state index is 0.337. The van der Waals surface area contributed by atoms with Crippen molar-refractivity contribution in [3.63, 3.8) is 0 Å². The summed E-state index contributed by atoms with van der Waals surface area (Å²) in [6, 6.07) is 14.0. The first-order valence-electron chi connectivity index (χ1n) is 8.02. The van der Waals surface area contributed by atoms with Gasteiger partial charge in [0, 0.05) is 17.8 Å². The van der Waals surface area contributed by atoms with E-state index in [9.17, 15) is 9.59 Å². The van der Waals surface area contributed by atoms with Crippen LogP contribution in [0.25, 0.3) is 10.6 Å². The average molecular weight is 369 g/mol. The van der Waals surface area contributed by atoms with E-state index in [4.69, 9.17) is 4.74 Å². The van der Waals surface area contributed by atoms with Gasteiger partial charge in [-0.2, -0.15) is 5.10 Å². The number of nitrogens with zero attached hydrogens (tertiary/aromatic N) is 2. The Balaban J connectivity index is 1.92. The van der Waals surface area contributed by atoms with Crippen molar-refractivity contribution in [2.45, 2.75) is 19.4 Å². The third-order valence-corrected chi connectivity index (χ3v) is 4.88. The summed E-state index contributed by atoms with van der Waals surface area (Å²) in [7, 11) is 1.56. The minimum atomic E-state index is -1.17.